The van der Waals surface area contributed by atoms with E-state index in [1.54, 1.807) is 6.07 Å². The summed E-state index contributed by atoms with van der Waals surface area (Å²) in [6.45, 7) is 2.02. The van der Waals surface area contributed by atoms with Gasteiger partial charge in [0.2, 0.25) is 0 Å². The Hall–Kier alpha value is -2.88. The van der Waals surface area contributed by atoms with Crippen molar-refractivity contribution in [2.75, 3.05) is 5.84 Å². The Balaban J connectivity index is 1.86. The van der Waals surface area contributed by atoms with Crippen molar-refractivity contribution < 1.29 is 0 Å². The molecule has 3 rings (SSSR count). The van der Waals surface area contributed by atoms with Crippen LogP contribution >= 0.6 is 0 Å². The van der Waals surface area contributed by atoms with Gasteiger partial charge in [0.1, 0.15) is 5.82 Å². The Morgan fingerprint density at radius 3 is 2.61 bits per heavy atom. The molecule has 0 unspecified atom stereocenters. The molecular formula is C19H19N3O. The van der Waals surface area contributed by atoms with Crippen LogP contribution in [-0.2, 0) is 0 Å². The van der Waals surface area contributed by atoms with Crippen LogP contribution in [0.4, 0.5) is 0 Å². The molecule has 4 heteroatoms. The van der Waals surface area contributed by atoms with E-state index in [4.69, 9.17) is 5.84 Å². The van der Waals surface area contributed by atoms with Gasteiger partial charge in [-0.2, -0.15) is 0 Å². The summed E-state index contributed by atoms with van der Waals surface area (Å²) in [5.74, 6) is 6.61. The zero-order valence-electron chi connectivity index (χ0n) is 13.0. The number of nitrogens with zero attached hydrogens (tertiary/aromatic N) is 2. The molecule has 0 aliphatic heterocycles. The van der Waals surface area contributed by atoms with Crippen molar-refractivity contribution in [3.05, 3.63) is 82.4 Å². The Labute approximate surface area is 134 Å². The molecule has 0 saturated heterocycles. The maximum absolute atomic E-state index is 12.3. The van der Waals surface area contributed by atoms with Crippen molar-refractivity contribution in [2.45, 2.75) is 19.3 Å². The Kier molecular flexibility index (Phi) is 4.24. The number of nitrogens with two attached hydrogens (primary N) is 1. The minimum Gasteiger partial charge on any atom is -0.335 e. The van der Waals surface area contributed by atoms with Gasteiger partial charge in [-0.1, -0.05) is 61.5 Å². The fourth-order valence-electron chi connectivity index (χ4n) is 2.59. The first kappa shape index (κ1) is 15.0. The van der Waals surface area contributed by atoms with E-state index in [0.717, 1.165) is 12.0 Å². The molecular weight excluding hydrogens is 286 g/mol. The highest BCUT2D eigenvalue weighted by Gasteiger charge is 2.13. The van der Waals surface area contributed by atoms with Crippen LogP contribution < -0.4 is 11.4 Å². The molecule has 2 N–H and O–H groups in total. The van der Waals surface area contributed by atoms with Crippen LogP contribution in [0.15, 0.2) is 65.5 Å². The third-order valence-electron chi connectivity index (χ3n) is 3.88. The monoisotopic (exact) mass is 305 g/mol. The molecule has 23 heavy (non-hydrogen) atoms. The van der Waals surface area contributed by atoms with Crippen molar-refractivity contribution in [3.63, 3.8) is 0 Å². The maximum Gasteiger partial charge on any atom is 0.279 e. The Bertz CT molecular complexity index is 897. The van der Waals surface area contributed by atoms with Crippen molar-refractivity contribution in [1.29, 1.82) is 0 Å². The smallest absolute Gasteiger partial charge is 0.279 e. The van der Waals surface area contributed by atoms with E-state index in [1.165, 1.54) is 4.68 Å². The van der Waals surface area contributed by atoms with Crippen molar-refractivity contribution in [3.8, 4) is 0 Å². The summed E-state index contributed by atoms with van der Waals surface area (Å²) in [4.78, 5) is 16.9. The largest absolute Gasteiger partial charge is 0.335 e. The molecule has 1 heterocycles. The molecule has 3 aromatic rings. The third kappa shape index (κ3) is 3.16. The topological polar surface area (TPSA) is 60.9 Å². The predicted octanol–water partition coefficient (Wildman–Crippen LogP) is 3.32. The minimum absolute atomic E-state index is 0.0530. The first-order valence-electron chi connectivity index (χ1n) is 7.65. The minimum atomic E-state index is -0.204. The molecule has 0 bridgehead atoms. The van der Waals surface area contributed by atoms with E-state index >= 15 is 0 Å². The van der Waals surface area contributed by atoms with Gasteiger partial charge in [0.15, 0.2) is 0 Å². The van der Waals surface area contributed by atoms with E-state index in [-0.39, 0.29) is 11.5 Å². The first-order valence-corrected chi connectivity index (χ1v) is 7.65. The molecule has 2 aromatic carbocycles. The standard InChI is InChI=1S/C19H19N3O/c1-14(8-7-11-15-9-3-2-4-10-15)18-21-17-13-6-5-12-16(17)19(23)22(18)20/h2-7,9-14H,8,20H2,1H3/b11-7+/t14-/m0/s1. The number of nitrogen functional groups attached to an aromatic ring is 1. The van der Waals surface area contributed by atoms with Gasteiger partial charge in [0.25, 0.3) is 5.56 Å². The lowest BCUT2D eigenvalue weighted by Gasteiger charge is -2.13. The third-order valence-corrected chi connectivity index (χ3v) is 3.88. The quantitative estimate of drug-likeness (QED) is 0.752. The Morgan fingerprint density at radius 1 is 1.13 bits per heavy atom. The predicted molar refractivity (Wildman–Crippen MR) is 94.7 cm³/mol. The van der Waals surface area contributed by atoms with Crippen molar-refractivity contribution in [2.24, 2.45) is 0 Å². The van der Waals surface area contributed by atoms with Gasteiger partial charge in [-0.25, -0.2) is 9.66 Å². The molecule has 1 aromatic heterocycles. The number of benzene rings is 2. The highest BCUT2D eigenvalue weighted by Crippen LogP contribution is 2.18. The van der Waals surface area contributed by atoms with E-state index in [1.807, 2.05) is 55.5 Å². The van der Waals surface area contributed by atoms with Crippen LogP contribution in [0.2, 0.25) is 0 Å². The molecule has 0 radical (unpaired) electrons. The summed E-state index contributed by atoms with van der Waals surface area (Å²) in [5, 5.41) is 0.547. The van der Waals surface area contributed by atoms with Gasteiger partial charge in [-0.3, -0.25) is 4.79 Å². The summed E-state index contributed by atoms with van der Waals surface area (Å²) in [5.41, 5.74) is 1.63. The molecule has 116 valence electrons. The number of aromatic nitrogens is 2. The van der Waals surface area contributed by atoms with Gasteiger partial charge in [-0.05, 0) is 24.1 Å². The van der Waals surface area contributed by atoms with Crippen molar-refractivity contribution in [1.82, 2.24) is 9.66 Å². The Morgan fingerprint density at radius 2 is 1.83 bits per heavy atom. The van der Waals surface area contributed by atoms with E-state index in [9.17, 15) is 4.79 Å². The molecule has 0 fully saturated rings. The number of allylic oxidation sites excluding steroid dienone is 1. The number of rotatable bonds is 4. The SMILES string of the molecule is C[C@@H](C/C=C/c1ccccc1)c1nc2ccccc2c(=O)n1N. The number of para-hydroxylation sites is 1. The van der Waals surface area contributed by atoms with Gasteiger partial charge in [0, 0.05) is 5.92 Å². The van der Waals surface area contributed by atoms with Gasteiger partial charge in [0.05, 0.1) is 10.9 Å². The molecule has 4 nitrogen and oxygen atoms in total. The number of hydrogen-bond donors (Lipinski definition) is 1. The van der Waals surface area contributed by atoms with Crippen LogP contribution in [-0.4, -0.2) is 9.66 Å². The summed E-state index contributed by atoms with van der Waals surface area (Å²) >= 11 is 0. The summed E-state index contributed by atoms with van der Waals surface area (Å²) in [7, 11) is 0. The fraction of sp³-hybridized carbons (Fsp3) is 0.158. The van der Waals surface area contributed by atoms with E-state index < -0.39 is 0 Å². The normalized spacial score (nSPS) is 12.7. The highest BCUT2D eigenvalue weighted by atomic mass is 16.1. The summed E-state index contributed by atoms with van der Waals surface area (Å²) < 4.78 is 1.17. The summed E-state index contributed by atoms with van der Waals surface area (Å²) in [6, 6.07) is 17.4. The average molecular weight is 305 g/mol. The second kappa shape index (κ2) is 6.48. The average Bonchev–Trinajstić information content (AvgIpc) is 2.59. The molecule has 1 atom stereocenters. The first-order chi connectivity index (χ1) is 11.2. The van der Waals surface area contributed by atoms with Gasteiger partial charge in [-0.15, -0.1) is 0 Å². The number of hydrogen-bond acceptors (Lipinski definition) is 3. The van der Waals surface area contributed by atoms with Crippen LogP contribution in [0.5, 0.6) is 0 Å². The molecule has 0 aliphatic carbocycles. The molecule has 0 spiro atoms. The second-order valence-electron chi connectivity index (χ2n) is 5.61. The van der Waals surface area contributed by atoms with Gasteiger partial charge >= 0.3 is 0 Å². The van der Waals surface area contributed by atoms with Gasteiger partial charge < -0.3 is 5.84 Å². The summed E-state index contributed by atoms with van der Waals surface area (Å²) in [6.07, 6.45) is 4.91. The number of fused-ring (bicyclic) bond motifs is 1. The van der Waals surface area contributed by atoms with Crippen LogP contribution in [0.1, 0.15) is 30.7 Å². The fourth-order valence-corrected chi connectivity index (χ4v) is 2.59. The lowest BCUT2D eigenvalue weighted by Crippen LogP contribution is -2.32. The molecule has 0 saturated carbocycles. The molecule has 0 amide bonds. The second-order valence-corrected chi connectivity index (χ2v) is 5.61. The highest BCUT2D eigenvalue weighted by molar-refractivity contribution is 5.77. The lowest BCUT2D eigenvalue weighted by atomic mass is 10.1. The van der Waals surface area contributed by atoms with Crippen molar-refractivity contribution >= 4 is 17.0 Å². The van der Waals surface area contributed by atoms with E-state index in [2.05, 4.69) is 17.1 Å². The zero-order valence-corrected chi connectivity index (χ0v) is 13.0. The molecule has 0 aliphatic rings. The van der Waals surface area contributed by atoms with Crippen LogP contribution in [0, 0.1) is 0 Å². The lowest BCUT2D eigenvalue weighted by molar-refractivity contribution is 0.663. The van der Waals surface area contributed by atoms with E-state index in [0.29, 0.717) is 16.7 Å². The van der Waals surface area contributed by atoms with Crippen LogP contribution in [0.3, 0.4) is 0 Å². The zero-order chi connectivity index (χ0) is 16.2. The maximum atomic E-state index is 12.3. The van der Waals surface area contributed by atoms with Crippen LogP contribution in [0.25, 0.3) is 17.0 Å².